The van der Waals surface area contributed by atoms with E-state index in [0.29, 0.717) is 12.1 Å². The van der Waals surface area contributed by atoms with Crippen molar-refractivity contribution in [2.75, 3.05) is 18.4 Å². The zero-order chi connectivity index (χ0) is 19.2. The van der Waals surface area contributed by atoms with Crippen LogP contribution in [0.4, 0.5) is 5.69 Å². The minimum absolute atomic E-state index is 0.113. The first-order valence-electron chi connectivity index (χ1n) is 9.69. The Morgan fingerprint density at radius 3 is 2.25 bits per heavy atom. The van der Waals surface area contributed by atoms with Gasteiger partial charge < -0.3 is 5.32 Å². The highest BCUT2D eigenvalue weighted by Gasteiger charge is 2.11. The number of carbonyl (C=O) groups is 1. The highest BCUT2D eigenvalue weighted by Crippen LogP contribution is 2.16. The van der Waals surface area contributed by atoms with E-state index >= 15 is 0 Å². The van der Waals surface area contributed by atoms with Crippen LogP contribution in [0.15, 0.2) is 54.9 Å². The molecule has 0 spiro atoms. The first-order chi connectivity index (χ1) is 13.8. The third kappa shape index (κ3) is 4.80. The summed E-state index contributed by atoms with van der Waals surface area (Å²) in [6.07, 6.45) is 5.50. The van der Waals surface area contributed by atoms with Crippen LogP contribution in [0.3, 0.4) is 0 Å². The molecule has 1 amide bonds. The van der Waals surface area contributed by atoms with Gasteiger partial charge >= 0.3 is 0 Å². The van der Waals surface area contributed by atoms with Crippen LogP contribution < -0.4 is 5.32 Å². The molecule has 1 aromatic heterocycles. The number of aromatic nitrogens is 4. The topological polar surface area (TPSA) is 75.9 Å². The molecule has 7 heteroatoms. The Labute approximate surface area is 164 Å². The molecule has 0 saturated carbocycles. The largest absolute Gasteiger partial charge is 0.322 e. The van der Waals surface area contributed by atoms with Gasteiger partial charge in [-0.1, -0.05) is 30.7 Å². The maximum absolute atomic E-state index is 12.5. The number of piperidine rings is 1. The summed E-state index contributed by atoms with van der Waals surface area (Å²) >= 11 is 0. The number of amides is 1. The molecule has 0 atom stereocenters. The lowest BCUT2D eigenvalue weighted by Crippen LogP contribution is -2.29. The summed E-state index contributed by atoms with van der Waals surface area (Å²) in [5.74, 6) is -0.113. The Morgan fingerprint density at radius 1 is 0.893 bits per heavy atom. The third-order valence-corrected chi connectivity index (χ3v) is 5.02. The predicted octanol–water partition coefficient (Wildman–Crippen LogP) is 2.96. The molecule has 7 nitrogen and oxygen atoms in total. The van der Waals surface area contributed by atoms with Crippen LogP contribution in [-0.4, -0.2) is 44.1 Å². The van der Waals surface area contributed by atoms with E-state index in [9.17, 15) is 4.79 Å². The molecule has 1 aliphatic rings. The van der Waals surface area contributed by atoms with Crippen LogP contribution >= 0.6 is 0 Å². The van der Waals surface area contributed by atoms with Gasteiger partial charge in [0.2, 0.25) is 0 Å². The molecular formula is C21H24N6O. The van der Waals surface area contributed by atoms with Gasteiger partial charge in [0.1, 0.15) is 6.33 Å². The van der Waals surface area contributed by atoms with Crippen molar-refractivity contribution in [1.29, 1.82) is 0 Å². The number of rotatable bonds is 6. The van der Waals surface area contributed by atoms with E-state index in [0.717, 1.165) is 17.8 Å². The first-order valence-corrected chi connectivity index (χ1v) is 9.69. The van der Waals surface area contributed by atoms with Crippen LogP contribution in [-0.2, 0) is 13.1 Å². The number of hydrogen-bond acceptors (Lipinski definition) is 5. The van der Waals surface area contributed by atoms with Crippen molar-refractivity contribution in [3.63, 3.8) is 0 Å². The smallest absolute Gasteiger partial charge is 0.255 e. The van der Waals surface area contributed by atoms with E-state index < -0.39 is 0 Å². The predicted molar refractivity (Wildman–Crippen MR) is 107 cm³/mol. The van der Waals surface area contributed by atoms with Crippen LogP contribution in [0.1, 0.15) is 40.7 Å². The van der Waals surface area contributed by atoms with Crippen molar-refractivity contribution < 1.29 is 4.79 Å². The second kappa shape index (κ2) is 8.75. The minimum Gasteiger partial charge on any atom is -0.322 e. The van der Waals surface area contributed by atoms with Gasteiger partial charge in [0.25, 0.3) is 5.91 Å². The molecule has 144 valence electrons. The average molecular weight is 376 g/mol. The number of anilines is 1. The van der Waals surface area contributed by atoms with E-state index in [-0.39, 0.29) is 5.91 Å². The Kier molecular flexibility index (Phi) is 5.72. The summed E-state index contributed by atoms with van der Waals surface area (Å²) < 4.78 is 1.64. The van der Waals surface area contributed by atoms with Gasteiger partial charge in [0.05, 0.1) is 6.54 Å². The summed E-state index contributed by atoms with van der Waals surface area (Å²) in [4.78, 5) is 15.0. The number of benzene rings is 2. The number of tetrazole rings is 1. The quantitative estimate of drug-likeness (QED) is 0.716. The Bertz CT molecular complexity index is 884. The monoisotopic (exact) mass is 376 g/mol. The van der Waals surface area contributed by atoms with Gasteiger partial charge in [-0.25, -0.2) is 4.68 Å². The molecule has 2 heterocycles. The molecule has 1 saturated heterocycles. The molecule has 0 radical (unpaired) electrons. The Hall–Kier alpha value is -3.06. The zero-order valence-electron chi connectivity index (χ0n) is 15.8. The van der Waals surface area contributed by atoms with Crippen molar-refractivity contribution in [3.8, 4) is 0 Å². The van der Waals surface area contributed by atoms with E-state index in [1.807, 2.05) is 36.4 Å². The van der Waals surface area contributed by atoms with Gasteiger partial charge in [-0.15, -0.1) is 5.10 Å². The van der Waals surface area contributed by atoms with Crippen molar-refractivity contribution >= 4 is 11.6 Å². The molecule has 4 rings (SSSR count). The van der Waals surface area contributed by atoms with Gasteiger partial charge in [-0.3, -0.25) is 9.69 Å². The summed E-state index contributed by atoms with van der Waals surface area (Å²) in [6, 6.07) is 15.6. The molecular weight excluding hydrogens is 352 g/mol. The highest BCUT2D eigenvalue weighted by atomic mass is 16.1. The lowest BCUT2D eigenvalue weighted by molar-refractivity contribution is 0.102. The molecule has 1 aliphatic heterocycles. The van der Waals surface area contributed by atoms with Gasteiger partial charge in [-0.05, 0) is 71.8 Å². The molecule has 0 unspecified atom stereocenters. The summed E-state index contributed by atoms with van der Waals surface area (Å²) in [7, 11) is 0. The van der Waals surface area contributed by atoms with E-state index in [1.165, 1.54) is 37.9 Å². The van der Waals surface area contributed by atoms with Crippen LogP contribution in [0.5, 0.6) is 0 Å². The lowest BCUT2D eigenvalue weighted by Gasteiger charge is -2.26. The van der Waals surface area contributed by atoms with Crippen LogP contribution in [0.25, 0.3) is 0 Å². The third-order valence-electron chi connectivity index (χ3n) is 5.02. The van der Waals surface area contributed by atoms with E-state index in [1.54, 1.807) is 11.0 Å². The summed E-state index contributed by atoms with van der Waals surface area (Å²) in [5.41, 5.74) is 3.75. The number of likely N-dealkylation sites (tertiary alicyclic amines) is 1. The maximum Gasteiger partial charge on any atom is 0.255 e. The fourth-order valence-electron chi connectivity index (χ4n) is 3.47. The lowest BCUT2D eigenvalue weighted by atomic mass is 10.1. The van der Waals surface area contributed by atoms with Crippen molar-refractivity contribution in [2.45, 2.75) is 32.4 Å². The fraction of sp³-hybridized carbons (Fsp3) is 0.333. The number of carbonyl (C=O) groups excluding carboxylic acids is 1. The fourth-order valence-corrected chi connectivity index (χ4v) is 3.47. The molecule has 2 aromatic carbocycles. The van der Waals surface area contributed by atoms with E-state index in [4.69, 9.17) is 0 Å². The first kappa shape index (κ1) is 18.3. The SMILES string of the molecule is O=C(Nc1ccc(CN2CCCCC2)cc1)c1ccc(Cn2cnnn2)cc1. The van der Waals surface area contributed by atoms with Crippen molar-refractivity contribution in [1.82, 2.24) is 25.1 Å². The Balaban J connectivity index is 1.32. The normalized spacial score (nSPS) is 14.7. The van der Waals surface area contributed by atoms with Gasteiger partial charge in [0, 0.05) is 17.8 Å². The van der Waals surface area contributed by atoms with Gasteiger partial charge in [0.15, 0.2) is 0 Å². The number of hydrogen-bond donors (Lipinski definition) is 1. The summed E-state index contributed by atoms with van der Waals surface area (Å²) in [6.45, 7) is 3.92. The molecule has 1 N–H and O–H groups in total. The van der Waals surface area contributed by atoms with Gasteiger partial charge in [-0.2, -0.15) is 0 Å². The molecule has 1 fully saturated rings. The molecule has 28 heavy (non-hydrogen) atoms. The molecule has 0 aliphatic carbocycles. The summed E-state index contributed by atoms with van der Waals surface area (Å²) in [5, 5.41) is 14.0. The standard InChI is InChI=1S/C21H24N6O/c28-21(19-8-4-18(5-9-19)15-27-16-22-24-25-27)23-20-10-6-17(7-11-20)14-26-12-2-1-3-13-26/h4-11,16H,1-3,12-15H2,(H,23,28). The molecule has 0 bridgehead atoms. The number of nitrogens with one attached hydrogen (secondary N) is 1. The zero-order valence-corrected chi connectivity index (χ0v) is 15.8. The maximum atomic E-state index is 12.5. The van der Waals surface area contributed by atoms with Crippen LogP contribution in [0, 0.1) is 0 Å². The second-order valence-corrected chi connectivity index (χ2v) is 7.19. The average Bonchev–Trinajstić information content (AvgIpc) is 3.24. The van der Waals surface area contributed by atoms with E-state index in [2.05, 4.69) is 37.9 Å². The van der Waals surface area contributed by atoms with Crippen LogP contribution in [0.2, 0.25) is 0 Å². The van der Waals surface area contributed by atoms with Crippen molar-refractivity contribution in [2.24, 2.45) is 0 Å². The highest BCUT2D eigenvalue weighted by molar-refractivity contribution is 6.04. The van der Waals surface area contributed by atoms with Crippen molar-refractivity contribution in [3.05, 3.63) is 71.5 Å². The number of nitrogens with zero attached hydrogens (tertiary/aromatic N) is 5. The molecule has 3 aromatic rings. The Morgan fingerprint density at radius 2 is 1.57 bits per heavy atom. The second-order valence-electron chi connectivity index (χ2n) is 7.19. The minimum atomic E-state index is -0.113.